The molecule has 84 valence electrons. The van der Waals surface area contributed by atoms with Crippen molar-refractivity contribution in [2.75, 3.05) is 13.2 Å². The summed E-state index contributed by atoms with van der Waals surface area (Å²) >= 11 is 0. The van der Waals surface area contributed by atoms with E-state index in [0.29, 0.717) is 0 Å². The molecule has 0 aromatic heterocycles. The Morgan fingerprint density at radius 3 is 2.53 bits per heavy atom. The lowest BCUT2D eigenvalue weighted by atomic mass is 10.4. The van der Waals surface area contributed by atoms with Crippen LogP contribution in [0.2, 0.25) is 0 Å². The molecule has 0 fully saturated rings. The van der Waals surface area contributed by atoms with Gasteiger partial charge in [-0.05, 0) is 6.92 Å². The Bertz CT molecular complexity index is 272. The Balaban J connectivity index is 3.73. The summed E-state index contributed by atoms with van der Waals surface area (Å²) in [6.45, 7) is 1.92. The van der Waals surface area contributed by atoms with Crippen LogP contribution in [0.3, 0.4) is 0 Å². The van der Waals surface area contributed by atoms with E-state index in [0.717, 1.165) is 12.2 Å². The van der Waals surface area contributed by atoms with Crippen molar-refractivity contribution in [1.29, 1.82) is 0 Å². The normalized spacial score (nSPS) is 9.93. The fourth-order valence-corrected chi connectivity index (χ4v) is 0.686. The molecule has 0 bridgehead atoms. The number of hydrogen-bond acceptors (Lipinski definition) is 4. The van der Waals surface area contributed by atoms with Gasteiger partial charge in [0, 0.05) is 18.7 Å². The number of carboxylic acid groups (broad SMARTS) is 1. The maximum absolute atomic E-state index is 10.9. The Kier molecular flexibility index (Phi) is 6.61. The smallest absolute Gasteiger partial charge is 0.330 e. The summed E-state index contributed by atoms with van der Waals surface area (Å²) in [7, 11) is 0. The van der Waals surface area contributed by atoms with E-state index in [9.17, 15) is 14.4 Å². The third-order valence-electron chi connectivity index (χ3n) is 1.30. The zero-order valence-electron chi connectivity index (χ0n) is 8.36. The first-order chi connectivity index (χ1) is 7.06. The predicted molar refractivity (Wildman–Crippen MR) is 51.0 cm³/mol. The predicted octanol–water partition coefficient (Wildman–Crippen LogP) is -0.303. The molecule has 0 aliphatic heterocycles. The molecule has 0 saturated heterocycles. The van der Waals surface area contributed by atoms with Crippen molar-refractivity contribution in [2.24, 2.45) is 0 Å². The molecule has 0 heterocycles. The van der Waals surface area contributed by atoms with Gasteiger partial charge < -0.3 is 15.2 Å². The van der Waals surface area contributed by atoms with Crippen molar-refractivity contribution in [3.8, 4) is 0 Å². The quantitative estimate of drug-likeness (QED) is 0.468. The largest absolute Gasteiger partial charge is 0.481 e. The number of esters is 1. The highest BCUT2D eigenvalue weighted by molar-refractivity contribution is 5.94. The molecule has 6 nitrogen and oxygen atoms in total. The molecule has 2 N–H and O–H groups in total. The summed E-state index contributed by atoms with van der Waals surface area (Å²) < 4.78 is 4.54. The molecular formula is C9H13NO5. The third-order valence-corrected chi connectivity index (χ3v) is 1.30. The van der Waals surface area contributed by atoms with Crippen LogP contribution in [0.15, 0.2) is 12.2 Å². The van der Waals surface area contributed by atoms with Gasteiger partial charge in [0.05, 0.1) is 13.0 Å². The first kappa shape index (κ1) is 13.2. The number of nitrogens with one attached hydrogen (secondary N) is 1. The maximum Gasteiger partial charge on any atom is 0.330 e. The lowest BCUT2D eigenvalue weighted by Crippen LogP contribution is -2.24. The van der Waals surface area contributed by atoms with Crippen LogP contribution >= 0.6 is 0 Å². The Morgan fingerprint density at radius 1 is 1.33 bits per heavy atom. The second-order valence-electron chi connectivity index (χ2n) is 2.52. The Morgan fingerprint density at radius 2 is 2.00 bits per heavy atom. The first-order valence-corrected chi connectivity index (χ1v) is 4.40. The van der Waals surface area contributed by atoms with Gasteiger partial charge in [0.15, 0.2) is 0 Å². The van der Waals surface area contributed by atoms with Crippen molar-refractivity contribution < 1.29 is 24.2 Å². The number of carboxylic acids is 1. The number of ether oxygens (including phenoxy) is 1. The molecule has 0 unspecified atom stereocenters. The summed E-state index contributed by atoms with van der Waals surface area (Å²) in [6.07, 6.45) is 1.83. The van der Waals surface area contributed by atoms with Crippen LogP contribution in [0.4, 0.5) is 0 Å². The monoisotopic (exact) mass is 215 g/mol. The van der Waals surface area contributed by atoms with E-state index in [-0.39, 0.29) is 19.6 Å². The fourth-order valence-electron chi connectivity index (χ4n) is 0.686. The van der Waals surface area contributed by atoms with Gasteiger partial charge >= 0.3 is 11.9 Å². The number of rotatable bonds is 6. The summed E-state index contributed by atoms with van der Waals surface area (Å²) in [5, 5.41) is 10.6. The molecule has 1 amide bonds. The van der Waals surface area contributed by atoms with Crippen LogP contribution in [0, 0.1) is 0 Å². The lowest BCUT2D eigenvalue weighted by molar-refractivity contribution is -0.138. The van der Waals surface area contributed by atoms with Crippen molar-refractivity contribution >= 4 is 17.8 Å². The average Bonchev–Trinajstić information content (AvgIpc) is 2.14. The van der Waals surface area contributed by atoms with Crippen LogP contribution in [0.25, 0.3) is 0 Å². The lowest BCUT2D eigenvalue weighted by Gasteiger charge is -1.98. The molecule has 6 heteroatoms. The minimum Gasteiger partial charge on any atom is -0.481 e. The second-order valence-corrected chi connectivity index (χ2v) is 2.52. The zero-order chi connectivity index (χ0) is 11.7. The van der Waals surface area contributed by atoms with Gasteiger partial charge in [-0.1, -0.05) is 0 Å². The second kappa shape index (κ2) is 7.54. The molecule has 0 atom stereocenters. The Labute approximate surface area is 86.9 Å². The van der Waals surface area contributed by atoms with Gasteiger partial charge in [0.2, 0.25) is 5.91 Å². The highest BCUT2D eigenvalue weighted by Gasteiger charge is 2.00. The molecule has 0 saturated carbocycles. The van der Waals surface area contributed by atoms with Crippen LogP contribution in [0.5, 0.6) is 0 Å². The molecule has 0 rings (SSSR count). The summed E-state index contributed by atoms with van der Waals surface area (Å²) in [5.74, 6) is -2.13. The van der Waals surface area contributed by atoms with E-state index >= 15 is 0 Å². The maximum atomic E-state index is 10.9. The molecule has 0 aromatic rings. The summed E-state index contributed by atoms with van der Waals surface area (Å²) in [6, 6.07) is 0. The minimum atomic E-state index is -0.996. The van der Waals surface area contributed by atoms with Gasteiger partial charge in [-0.3, -0.25) is 9.59 Å². The van der Waals surface area contributed by atoms with Gasteiger partial charge in [-0.15, -0.1) is 0 Å². The van der Waals surface area contributed by atoms with Crippen molar-refractivity contribution in [1.82, 2.24) is 5.32 Å². The van der Waals surface area contributed by atoms with Gasteiger partial charge in [0.1, 0.15) is 0 Å². The fraction of sp³-hybridized carbons (Fsp3) is 0.444. The number of aliphatic carboxylic acids is 1. The number of hydrogen-bond donors (Lipinski definition) is 2. The van der Waals surface area contributed by atoms with E-state index in [1.807, 2.05) is 0 Å². The third kappa shape index (κ3) is 8.48. The van der Waals surface area contributed by atoms with Crippen LogP contribution in [0.1, 0.15) is 13.3 Å². The molecule has 0 aliphatic carbocycles. The molecule has 0 spiro atoms. The number of amides is 1. The first-order valence-electron chi connectivity index (χ1n) is 4.40. The minimum absolute atomic E-state index is 0.0291. The molecule has 0 aliphatic rings. The zero-order valence-corrected chi connectivity index (χ0v) is 8.36. The van der Waals surface area contributed by atoms with E-state index in [4.69, 9.17) is 5.11 Å². The standard InChI is InChI=1S/C9H13NO5/c1-2-15-9(14)4-3-7(11)10-6-5-8(12)13/h3-4H,2,5-6H2,1H3,(H,10,11)(H,12,13)/b4-3+. The topological polar surface area (TPSA) is 92.7 Å². The van der Waals surface area contributed by atoms with Crippen molar-refractivity contribution in [3.05, 3.63) is 12.2 Å². The number of carbonyl (C=O) groups is 3. The molecule has 0 radical (unpaired) electrons. The van der Waals surface area contributed by atoms with Crippen molar-refractivity contribution in [3.63, 3.8) is 0 Å². The Hall–Kier alpha value is -1.85. The number of carbonyl (C=O) groups excluding carboxylic acids is 2. The summed E-state index contributed by atoms with van der Waals surface area (Å²) in [4.78, 5) is 31.8. The molecular weight excluding hydrogens is 202 g/mol. The SMILES string of the molecule is CCOC(=O)/C=C/C(=O)NCCC(=O)O. The molecule has 0 aromatic carbocycles. The van der Waals surface area contributed by atoms with E-state index in [2.05, 4.69) is 10.1 Å². The molecule has 15 heavy (non-hydrogen) atoms. The average molecular weight is 215 g/mol. The van der Waals surface area contributed by atoms with Gasteiger partial charge in [0.25, 0.3) is 0 Å². The van der Waals surface area contributed by atoms with Crippen LogP contribution in [-0.2, 0) is 19.1 Å². The highest BCUT2D eigenvalue weighted by Crippen LogP contribution is 1.82. The highest BCUT2D eigenvalue weighted by atomic mass is 16.5. The summed E-state index contributed by atoms with van der Waals surface area (Å²) in [5.41, 5.74) is 0. The van der Waals surface area contributed by atoms with Crippen LogP contribution in [-0.4, -0.2) is 36.1 Å². The van der Waals surface area contributed by atoms with E-state index < -0.39 is 17.8 Å². The van der Waals surface area contributed by atoms with Crippen LogP contribution < -0.4 is 5.32 Å². The van der Waals surface area contributed by atoms with Crippen molar-refractivity contribution in [2.45, 2.75) is 13.3 Å². The van der Waals surface area contributed by atoms with Gasteiger partial charge in [-0.25, -0.2) is 4.79 Å². The van der Waals surface area contributed by atoms with E-state index in [1.54, 1.807) is 6.92 Å². The van der Waals surface area contributed by atoms with E-state index in [1.165, 1.54) is 0 Å². The van der Waals surface area contributed by atoms with Gasteiger partial charge in [-0.2, -0.15) is 0 Å².